The third-order valence-corrected chi connectivity index (χ3v) is 3.88. The summed E-state index contributed by atoms with van der Waals surface area (Å²) in [6.45, 7) is 1.85. The van der Waals surface area contributed by atoms with E-state index in [1.165, 1.54) is 0 Å². The molecule has 102 valence electrons. The minimum absolute atomic E-state index is 0.0354. The molecule has 1 aromatic carbocycles. The molecule has 1 aromatic rings. The van der Waals surface area contributed by atoms with Gasteiger partial charge >= 0.3 is 0 Å². The van der Waals surface area contributed by atoms with Gasteiger partial charge in [-0.2, -0.15) is 0 Å². The Balaban J connectivity index is 2.01. The average Bonchev–Trinajstić information content (AvgIpc) is 2.37. The van der Waals surface area contributed by atoms with Crippen molar-refractivity contribution < 1.29 is 9.59 Å². The van der Waals surface area contributed by atoms with Crippen molar-refractivity contribution in [3.05, 3.63) is 33.8 Å². The zero-order valence-electron chi connectivity index (χ0n) is 10.5. The molecular weight excluding hydrogens is 287 g/mol. The van der Waals surface area contributed by atoms with Crippen molar-refractivity contribution in [3.8, 4) is 0 Å². The van der Waals surface area contributed by atoms with Crippen LogP contribution in [0.25, 0.3) is 0 Å². The van der Waals surface area contributed by atoms with Crippen LogP contribution in [0.3, 0.4) is 0 Å². The highest BCUT2D eigenvalue weighted by molar-refractivity contribution is 6.42. The van der Waals surface area contributed by atoms with Crippen LogP contribution in [0.15, 0.2) is 18.2 Å². The van der Waals surface area contributed by atoms with Gasteiger partial charge in [0.15, 0.2) is 5.78 Å². The van der Waals surface area contributed by atoms with Crippen molar-refractivity contribution in [3.63, 3.8) is 0 Å². The molecule has 0 unspecified atom stereocenters. The average molecular weight is 301 g/mol. The molecule has 0 atom stereocenters. The topological polar surface area (TPSA) is 40.6 Å². The molecule has 6 heteroatoms. The third kappa shape index (κ3) is 3.47. The van der Waals surface area contributed by atoms with Gasteiger partial charge in [-0.15, -0.1) is 0 Å². The number of halogens is 2. The molecule has 0 saturated carbocycles. The van der Waals surface area contributed by atoms with Gasteiger partial charge in [-0.1, -0.05) is 23.2 Å². The number of Topliss-reactive ketones (excluding diaryl/α,β-unsaturated/α-hetero) is 1. The zero-order valence-corrected chi connectivity index (χ0v) is 12.0. The van der Waals surface area contributed by atoms with Crippen molar-refractivity contribution in [2.45, 2.75) is 0 Å². The van der Waals surface area contributed by atoms with Crippen LogP contribution in [0.1, 0.15) is 10.4 Å². The van der Waals surface area contributed by atoms with Gasteiger partial charge in [0.2, 0.25) is 5.91 Å². The summed E-state index contributed by atoms with van der Waals surface area (Å²) in [6.07, 6.45) is 0. The van der Waals surface area contributed by atoms with Crippen LogP contribution in [0, 0.1) is 0 Å². The van der Waals surface area contributed by atoms with E-state index in [0.29, 0.717) is 28.7 Å². The molecule has 1 fully saturated rings. The number of rotatable bonds is 3. The molecule has 2 rings (SSSR count). The summed E-state index contributed by atoms with van der Waals surface area (Å²) in [7, 11) is 1.76. The minimum Gasteiger partial charge on any atom is -0.343 e. The fourth-order valence-corrected chi connectivity index (χ4v) is 2.20. The number of benzene rings is 1. The number of hydrogen-bond acceptors (Lipinski definition) is 3. The Labute approximate surface area is 121 Å². The van der Waals surface area contributed by atoms with Crippen LogP contribution in [-0.2, 0) is 4.79 Å². The van der Waals surface area contributed by atoms with E-state index in [1.807, 2.05) is 4.90 Å². The summed E-state index contributed by atoms with van der Waals surface area (Å²) >= 11 is 11.7. The van der Waals surface area contributed by atoms with Crippen LogP contribution >= 0.6 is 23.2 Å². The van der Waals surface area contributed by atoms with E-state index in [0.717, 1.165) is 0 Å². The molecule has 0 N–H and O–H groups in total. The lowest BCUT2D eigenvalue weighted by atomic mass is 10.1. The molecule has 4 nitrogen and oxygen atoms in total. The Hall–Kier alpha value is -1.10. The summed E-state index contributed by atoms with van der Waals surface area (Å²) < 4.78 is 0. The number of likely N-dealkylation sites (N-methyl/N-ethyl adjacent to an activating group) is 1. The number of amides is 1. The van der Waals surface area contributed by atoms with Gasteiger partial charge in [0, 0.05) is 25.7 Å². The first kappa shape index (κ1) is 14.3. The summed E-state index contributed by atoms with van der Waals surface area (Å²) in [5.41, 5.74) is 0.515. The quantitative estimate of drug-likeness (QED) is 0.801. The molecule has 0 spiro atoms. The molecule has 19 heavy (non-hydrogen) atoms. The molecule has 0 radical (unpaired) electrons. The molecule has 0 aromatic heterocycles. The van der Waals surface area contributed by atoms with Crippen molar-refractivity contribution in [1.29, 1.82) is 0 Å². The maximum atomic E-state index is 12.1. The van der Waals surface area contributed by atoms with E-state index in [1.54, 1.807) is 30.1 Å². The lowest BCUT2D eigenvalue weighted by molar-refractivity contribution is -0.134. The number of hydrogen-bond donors (Lipinski definition) is 0. The predicted molar refractivity (Wildman–Crippen MR) is 74.9 cm³/mol. The summed E-state index contributed by atoms with van der Waals surface area (Å²) in [4.78, 5) is 27.2. The predicted octanol–water partition coefficient (Wildman–Crippen LogP) is 1.95. The Morgan fingerprint density at radius 1 is 1.26 bits per heavy atom. The zero-order chi connectivity index (χ0) is 14.0. The molecule has 1 amide bonds. The maximum Gasteiger partial charge on any atom is 0.236 e. The van der Waals surface area contributed by atoms with E-state index in [2.05, 4.69) is 0 Å². The molecule has 0 bridgehead atoms. The summed E-state index contributed by atoms with van der Waals surface area (Å²) in [6, 6.07) is 4.81. The van der Waals surface area contributed by atoms with Crippen LogP contribution in [0.2, 0.25) is 10.0 Å². The van der Waals surface area contributed by atoms with Crippen LogP contribution in [0.4, 0.5) is 0 Å². The first-order valence-corrected chi connectivity index (χ1v) is 6.67. The summed E-state index contributed by atoms with van der Waals surface area (Å²) in [5, 5.41) is 0.787. The Morgan fingerprint density at radius 2 is 2.00 bits per heavy atom. The Bertz CT molecular complexity index is 519. The first-order valence-electron chi connectivity index (χ1n) is 5.92. The van der Waals surface area contributed by atoms with Gasteiger partial charge in [0.05, 0.1) is 23.1 Å². The van der Waals surface area contributed by atoms with E-state index >= 15 is 0 Å². The van der Waals surface area contributed by atoms with Gasteiger partial charge in [0.25, 0.3) is 0 Å². The standard InChI is InChI=1S/C13H14Cl2N2O2/c1-16-4-5-17(8-13(16)19)7-12(18)9-2-3-10(14)11(15)6-9/h2-3,6H,4-5,7-8H2,1H3. The van der Waals surface area contributed by atoms with Gasteiger partial charge in [-0.25, -0.2) is 0 Å². The monoisotopic (exact) mass is 300 g/mol. The molecule has 1 saturated heterocycles. The van der Waals surface area contributed by atoms with E-state index in [9.17, 15) is 9.59 Å². The van der Waals surface area contributed by atoms with Gasteiger partial charge in [-0.05, 0) is 18.2 Å². The largest absolute Gasteiger partial charge is 0.343 e. The number of carbonyl (C=O) groups excluding carboxylic acids is 2. The SMILES string of the molecule is CN1CCN(CC(=O)c2ccc(Cl)c(Cl)c2)CC1=O. The van der Waals surface area contributed by atoms with Gasteiger partial charge in [-0.3, -0.25) is 14.5 Å². The highest BCUT2D eigenvalue weighted by Crippen LogP contribution is 2.22. The fourth-order valence-electron chi connectivity index (χ4n) is 1.91. The highest BCUT2D eigenvalue weighted by atomic mass is 35.5. The molecule has 1 aliphatic rings. The third-order valence-electron chi connectivity index (χ3n) is 3.15. The van der Waals surface area contributed by atoms with Crippen LogP contribution in [-0.4, -0.2) is 54.7 Å². The summed E-state index contributed by atoms with van der Waals surface area (Å²) in [5.74, 6) is -0.0240. The Morgan fingerprint density at radius 3 is 2.63 bits per heavy atom. The van der Waals surface area contributed by atoms with Gasteiger partial charge < -0.3 is 4.90 Å². The number of piperazine rings is 1. The smallest absolute Gasteiger partial charge is 0.236 e. The van der Waals surface area contributed by atoms with E-state index < -0.39 is 0 Å². The molecule has 0 aliphatic carbocycles. The van der Waals surface area contributed by atoms with Crippen molar-refractivity contribution >= 4 is 34.9 Å². The fraction of sp³-hybridized carbons (Fsp3) is 0.385. The molecular formula is C13H14Cl2N2O2. The van der Waals surface area contributed by atoms with Crippen molar-refractivity contribution in [2.75, 3.05) is 33.2 Å². The minimum atomic E-state index is -0.0593. The Kier molecular flexibility index (Phi) is 4.45. The van der Waals surface area contributed by atoms with E-state index in [4.69, 9.17) is 23.2 Å². The van der Waals surface area contributed by atoms with E-state index in [-0.39, 0.29) is 24.8 Å². The highest BCUT2D eigenvalue weighted by Gasteiger charge is 2.23. The lowest BCUT2D eigenvalue weighted by Crippen LogP contribution is -2.49. The van der Waals surface area contributed by atoms with Crippen LogP contribution < -0.4 is 0 Å². The number of nitrogens with zero attached hydrogens (tertiary/aromatic N) is 2. The van der Waals surface area contributed by atoms with Gasteiger partial charge in [0.1, 0.15) is 0 Å². The number of ketones is 1. The van der Waals surface area contributed by atoms with Crippen LogP contribution in [0.5, 0.6) is 0 Å². The second-order valence-electron chi connectivity index (χ2n) is 4.58. The second kappa shape index (κ2) is 5.90. The second-order valence-corrected chi connectivity index (χ2v) is 5.39. The maximum absolute atomic E-state index is 12.1. The molecule has 1 aliphatic heterocycles. The number of carbonyl (C=O) groups is 2. The lowest BCUT2D eigenvalue weighted by Gasteiger charge is -2.31. The normalized spacial score (nSPS) is 16.8. The molecule has 1 heterocycles. The van der Waals surface area contributed by atoms with Crippen molar-refractivity contribution in [1.82, 2.24) is 9.80 Å². The first-order chi connectivity index (χ1) is 8.97. The van der Waals surface area contributed by atoms with Crippen molar-refractivity contribution in [2.24, 2.45) is 0 Å².